The summed E-state index contributed by atoms with van der Waals surface area (Å²) in [5.41, 5.74) is -1.91. The Bertz CT molecular complexity index is 881. The highest BCUT2D eigenvalue weighted by Gasteiger charge is 2.72. The number of halogens is 2. The lowest BCUT2D eigenvalue weighted by molar-refractivity contribution is -0.167. The molecule has 0 aromatic heterocycles. The van der Waals surface area contributed by atoms with E-state index in [1.54, 1.807) is 12.2 Å². The fourth-order valence-corrected chi connectivity index (χ4v) is 8.13. The van der Waals surface area contributed by atoms with Crippen molar-refractivity contribution >= 4 is 40.7 Å². The predicted molar refractivity (Wildman–Crippen MR) is 113 cm³/mol. The highest BCUT2D eigenvalue weighted by Crippen LogP contribution is 2.71. The number of esters is 1. The van der Waals surface area contributed by atoms with Crippen LogP contribution in [0.3, 0.4) is 0 Å². The molecule has 1 N–H and O–H groups in total. The molecule has 0 aromatic rings. The van der Waals surface area contributed by atoms with Crippen LogP contribution in [0.25, 0.3) is 0 Å². The quantitative estimate of drug-likeness (QED) is 0.518. The molecule has 0 saturated heterocycles. The van der Waals surface area contributed by atoms with Gasteiger partial charge >= 0.3 is 5.97 Å². The highest BCUT2D eigenvalue weighted by atomic mass is 35.5. The molecule has 5 nitrogen and oxygen atoms in total. The lowest BCUT2D eigenvalue weighted by atomic mass is 9.46. The minimum absolute atomic E-state index is 0.000631. The maximum absolute atomic E-state index is 12.9. The second kappa shape index (κ2) is 6.91. The van der Waals surface area contributed by atoms with Crippen LogP contribution >= 0.6 is 23.2 Å². The number of aliphatic hydroxyl groups is 1. The minimum atomic E-state index is -1.60. The summed E-state index contributed by atoms with van der Waals surface area (Å²) in [6, 6.07) is 0. The molecule has 0 radical (unpaired) electrons. The number of Topliss-reactive ketones (excluding diaryl/α,β-unsaturated/α-hetero) is 1. The molecule has 3 saturated carbocycles. The number of carbonyl (C=O) groups excluding carboxylic acids is 3. The Balaban J connectivity index is 1.72. The van der Waals surface area contributed by atoms with E-state index in [2.05, 4.69) is 0 Å². The van der Waals surface area contributed by atoms with Gasteiger partial charge in [-0.2, -0.15) is 0 Å². The Labute approximate surface area is 186 Å². The first-order chi connectivity index (χ1) is 13.9. The van der Waals surface area contributed by atoms with Gasteiger partial charge < -0.3 is 9.84 Å². The van der Waals surface area contributed by atoms with Gasteiger partial charge in [0.05, 0.1) is 10.3 Å². The summed E-state index contributed by atoms with van der Waals surface area (Å²) >= 11 is 14.4. The summed E-state index contributed by atoms with van der Waals surface area (Å²) in [7, 11) is 0. The van der Waals surface area contributed by atoms with E-state index in [0.29, 0.717) is 19.3 Å². The van der Waals surface area contributed by atoms with Crippen molar-refractivity contribution in [1.82, 2.24) is 0 Å². The van der Waals surface area contributed by atoms with Crippen molar-refractivity contribution in [2.75, 3.05) is 6.61 Å². The van der Waals surface area contributed by atoms with Crippen molar-refractivity contribution in [3.05, 3.63) is 23.8 Å². The third-order valence-electron chi connectivity index (χ3n) is 8.62. The fourth-order valence-electron chi connectivity index (χ4n) is 6.89. The van der Waals surface area contributed by atoms with Gasteiger partial charge in [0.25, 0.3) is 0 Å². The van der Waals surface area contributed by atoms with E-state index < -0.39 is 45.0 Å². The van der Waals surface area contributed by atoms with Gasteiger partial charge in [-0.1, -0.05) is 25.5 Å². The normalized spacial score (nSPS) is 47.1. The summed E-state index contributed by atoms with van der Waals surface area (Å²) in [5, 5.41) is 11.0. The second-order valence-electron chi connectivity index (χ2n) is 9.82. The van der Waals surface area contributed by atoms with Crippen molar-refractivity contribution in [1.29, 1.82) is 0 Å². The topological polar surface area (TPSA) is 80.7 Å². The standard InChI is InChI=1S/C23H28Cl2O5/c1-13(26)30-12-19(28)22(29)9-7-16-17-5-4-14-10-15(27)6-8-20(14,2)23(17,25)18(24)11-21(16,22)3/h6,8,10,16-18,29H,4-5,7,9,11-12H2,1-3H3/t16?,17?,18-,20-,21-,22-,23-/m0/s1. The molecule has 30 heavy (non-hydrogen) atoms. The zero-order chi connectivity index (χ0) is 22.1. The number of carbonyl (C=O) groups is 3. The first-order valence-corrected chi connectivity index (χ1v) is 11.4. The van der Waals surface area contributed by atoms with E-state index in [0.717, 1.165) is 18.4 Å². The number of allylic oxidation sites excluding steroid dienone is 4. The highest BCUT2D eigenvalue weighted by molar-refractivity contribution is 6.34. The zero-order valence-electron chi connectivity index (χ0n) is 17.5. The molecule has 2 unspecified atom stereocenters. The van der Waals surface area contributed by atoms with E-state index in [4.69, 9.17) is 27.9 Å². The van der Waals surface area contributed by atoms with Crippen LogP contribution in [0.1, 0.15) is 52.9 Å². The molecule has 4 rings (SSSR count). The Morgan fingerprint density at radius 3 is 2.63 bits per heavy atom. The lowest BCUT2D eigenvalue weighted by Crippen LogP contribution is -2.67. The number of hydrogen-bond donors (Lipinski definition) is 1. The summed E-state index contributed by atoms with van der Waals surface area (Å²) in [6.45, 7) is 4.78. The largest absolute Gasteiger partial charge is 0.458 e. The number of hydrogen-bond acceptors (Lipinski definition) is 5. The van der Waals surface area contributed by atoms with Crippen LogP contribution < -0.4 is 0 Å². The van der Waals surface area contributed by atoms with Crippen LogP contribution in [0, 0.1) is 22.7 Å². The molecule has 0 spiro atoms. The molecule has 4 aliphatic rings. The molecular formula is C23H28Cl2O5. The van der Waals surface area contributed by atoms with Gasteiger partial charge in [0.1, 0.15) is 5.60 Å². The van der Waals surface area contributed by atoms with E-state index in [-0.39, 0.29) is 17.6 Å². The molecule has 164 valence electrons. The van der Waals surface area contributed by atoms with Crippen LogP contribution in [-0.2, 0) is 19.1 Å². The number of fused-ring (bicyclic) bond motifs is 5. The maximum Gasteiger partial charge on any atom is 0.303 e. The van der Waals surface area contributed by atoms with Gasteiger partial charge in [0.15, 0.2) is 12.4 Å². The van der Waals surface area contributed by atoms with Crippen LogP contribution in [0.15, 0.2) is 23.8 Å². The van der Waals surface area contributed by atoms with Crippen molar-refractivity contribution in [2.24, 2.45) is 22.7 Å². The first-order valence-electron chi connectivity index (χ1n) is 10.6. The Morgan fingerprint density at radius 2 is 1.97 bits per heavy atom. The molecule has 7 atom stereocenters. The van der Waals surface area contributed by atoms with Gasteiger partial charge in [-0.25, -0.2) is 0 Å². The smallest absolute Gasteiger partial charge is 0.303 e. The Hall–Kier alpha value is -1.17. The van der Waals surface area contributed by atoms with Gasteiger partial charge in [0, 0.05) is 17.8 Å². The number of ketones is 2. The molecule has 0 bridgehead atoms. The van der Waals surface area contributed by atoms with E-state index in [1.165, 1.54) is 6.92 Å². The summed E-state index contributed by atoms with van der Waals surface area (Å²) in [4.78, 5) is 35.3. The van der Waals surface area contributed by atoms with E-state index >= 15 is 0 Å². The molecule has 0 aliphatic heterocycles. The molecule has 4 aliphatic carbocycles. The van der Waals surface area contributed by atoms with Crippen LogP contribution in [0.5, 0.6) is 0 Å². The van der Waals surface area contributed by atoms with Gasteiger partial charge in [-0.3, -0.25) is 14.4 Å². The van der Waals surface area contributed by atoms with Crippen molar-refractivity contribution in [2.45, 2.75) is 68.7 Å². The second-order valence-corrected chi connectivity index (χ2v) is 11.0. The minimum Gasteiger partial charge on any atom is -0.458 e. The monoisotopic (exact) mass is 454 g/mol. The number of alkyl halides is 2. The van der Waals surface area contributed by atoms with Gasteiger partial charge in [-0.05, 0) is 56.1 Å². The third-order valence-corrected chi connectivity index (χ3v) is 10.2. The summed E-state index contributed by atoms with van der Waals surface area (Å²) in [5.74, 6) is -1.07. The Kier molecular flexibility index (Phi) is 5.08. The van der Waals surface area contributed by atoms with Crippen LogP contribution in [-0.4, -0.2) is 45.1 Å². The average Bonchev–Trinajstić information content (AvgIpc) is 2.94. The predicted octanol–water partition coefficient (Wildman–Crippen LogP) is 3.74. The lowest BCUT2D eigenvalue weighted by Gasteiger charge is -2.63. The van der Waals surface area contributed by atoms with E-state index in [9.17, 15) is 19.5 Å². The molecule has 0 amide bonds. The van der Waals surface area contributed by atoms with Crippen LogP contribution in [0.2, 0.25) is 0 Å². The SMILES string of the molecule is CC(=O)OCC(=O)[C@@]1(O)CCC2C3CCC4=CC(=O)C=C[C@]4(C)[C@@]3(Cl)[C@@H](Cl)C[C@@]21C. The van der Waals surface area contributed by atoms with Gasteiger partial charge in [-0.15, -0.1) is 23.2 Å². The summed E-state index contributed by atoms with van der Waals surface area (Å²) in [6.07, 6.45) is 7.97. The third kappa shape index (κ3) is 2.67. The Morgan fingerprint density at radius 1 is 1.27 bits per heavy atom. The molecule has 0 heterocycles. The molecule has 7 heteroatoms. The zero-order valence-corrected chi connectivity index (χ0v) is 19.1. The molecule has 3 fully saturated rings. The maximum atomic E-state index is 12.9. The fraction of sp³-hybridized carbons (Fsp3) is 0.696. The van der Waals surface area contributed by atoms with E-state index in [1.807, 2.05) is 19.9 Å². The molecule has 0 aromatic carbocycles. The average molecular weight is 455 g/mol. The summed E-state index contributed by atoms with van der Waals surface area (Å²) < 4.78 is 4.90. The van der Waals surface area contributed by atoms with Crippen LogP contribution in [0.4, 0.5) is 0 Å². The van der Waals surface area contributed by atoms with Crippen molar-refractivity contribution in [3.8, 4) is 0 Å². The molecular weight excluding hydrogens is 427 g/mol. The van der Waals surface area contributed by atoms with Crippen molar-refractivity contribution < 1.29 is 24.2 Å². The number of ether oxygens (including phenoxy) is 1. The number of rotatable bonds is 3. The van der Waals surface area contributed by atoms with Crippen molar-refractivity contribution in [3.63, 3.8) is 0 Å². The van der Waals surface area contributed by atoms with Gasteiger partial charge in [0.2, 0.25) is 5.78 Å². The first kappa shape index (κ1) is 22.0.